The van der Waals surface area contributed by atoms with Gasteiger partial charge in [0.1, 0.15) is 0 Å². The molecule has 0 atom stereocenters. The number of anilines is 1. The van der Waals surface area contributed by atoms with E-state index in [1.54, 1.807) is 0 Å². The Kier molecular flexibility index (Phi) is 4.89. The zero-order chi connectivity index (χ0) is 18.6. The molecule has 0 saturated heterocycles. The van der Waals surface area contributed by atoms with Crippen molar-refractivity contribution in [3.8, 4) is 11.4 Å². The van der Waals surface area contributed by atoms with Gasteiger partial charge >= 0.3 is 0 Å². The van der Waals surface area contributed by atoms with E-state index in [1.807, 2.05) is 73.7 Å². The molecule has 0 unspecified atom stereocenters. The van der Waals surface area contributed by atoms with Crippen molar-refractivity contribution < 1.29 is 9.32 Å². The molecule has 0 saturated carbocycles. The van der Waals surface area contributed by atoms with Gasteiger partial charge in [-0.15, -0.1) is 0 Å². The zero-order valence-electron chi connectivity index (χ0n) is 14.7. The summed E-state index contributed by atoms with van der Waals surface area (Å²) in [6.07, 6.45) is 0. The quantitative estimate of drug-likeness (QED) is 0.501. The van der Waals surface area contributed by atoms with Crippen LogP contribution in [0, 0.1) is 6.92 Å². The van der Waals surface area contributed by atoms with Crippen molar-refractivity contribution >= 4 is 34.1 Å². The van der Waals surface area contributed by atoms with Crippen LogP contribution >= 0.6 is 11.8 Å². The van der Waals surface area contributed by atoms with Crippen LogP contribution in [-0.2, 0) is 4.79 Å². The number of hydrogen-bond donors (Lipinski definition) is 1. The lowest BCUT2D eigenvalue weighted by Gasteiger charge is -2.05. The van der Waals surface area contributed by atoms with Gasteiger partial charge in [-0.3, -0.25) is 4.79 Å². The molecule has 0 spiro atoms. The van der Waals surface area contributed by atoms with Crippen LogP contribution in [0.4, 0.5) is 5.69 Å². The van der Waals surface area contributed by atoms with Gasteiger partial charge in [0.2, 0.25) is 11.7 Å². The van der Waals surface area contributed by atoms with Crippen LogP contribution in [-0.4, -0.2) is 21.8 Å². The first kappa shape index (κ1) is 17.3. The average Bonchev–Trinajstić information content (AvgIpc) is 3.16. The van der Waals surface area contributed by atoms with Crippen LogP contribution in [0.2, 0.25) is 0 Å². The van der Waals surface area contributed by atoms with Gasteiger partial charge < -0.3 is 9.84 Å². The highest BCUT2D eigenvalue weighted by atomic mass is 32.2. The molecule has 0 aliphatic carbocycles. The van der Waals surface area contributed by atoms with E-state index in [0.29, 0.717) is 11.0 Å². The topological polar surface area (TPSA) is 68.0 Å². The Balaban J connectivity index is 1.37. The van der Waals surface area contributed by atoms with Gasteiger partial charge in [-0.1, -0.05) is 77.1 Å². The third kappa shape index (κ3) is 4.17. The molecule has 0 bridgehead atoms. The monoisotopic (exact) mass is 375 g/mol. The zero-order valence-corrected chi connectivity index (χ0v) is 15.5. The molecule has 0 aliphatic rings. The van der Waals surface area contributed by atoms with E-state index in [0.717, 1.165) is 22.0 Å². The number of hydrogen-bond acceptors (Lipinski definition) is 5. The van der Waals surface area contributed by atoms with Crippen molar-refractivity contribution in [1.82, 2.24) is 10.1 Å². The summed E-state index contributed by atoms with van der Waals surface area (Å²) in [5, 5.41) is 9.47. The minimum Gasteiger partial charge on any atom is -0.327 e. The number of aromatic nitrogens is 2. The molecule has 1 heterocycles. The van der Waals surface area contributed by atoms with E-state index in [4.69, 9.17) is 4.52 Å². The number of thioether (sulfide) groups is 1. The predicted molar refractivity (Wildman–Crippen MR) is 108 cm³/mol. The van der Waals surface area contributed by atoms with Crippen LogP contribution in [0.3, 0.4) is 0 Å². The van der Waals surface area contributed by atoms with Gasteiger partial charge in [-0.05, 0) is 29.8 Å². The van der Waals surface area contributed by atoms with E-state index >= 15 is 0 Å². The number of rotatable bonds is 5. The molecule has 1 aromatic heterocycles. The maximum absolute atomic E-state index is 12.2. The van der Waals surface area contributed by atoms with Crippen molar-refractivity contribution in [2.75, 3.05) is 11.1 Å². The van der Waals surface area contributed by atoms with Gasteiger partial charge in [0.25, 0.3) is 5.22 Å². The Morgan fingerprint density at radius 1 is 1.04 bits per heavy atom. The number of fused-ring (bicyclic) bond motifs is 1. The van der Waals surface area contributed by atoms with Crippen molar-refractivity contribution in [3.05, 3.63) is 72.3 Å². The number of carbonyl (C=O) groups excluding carboxylic acids is 1. The molecule has 3 aromatic carbocycles. The van der Waals surface area contributed by atoms with Crippen molar-refractivity contribution in [2.24, 2.45) is 0 Å². The minimum atomic E-state index is -0.120. The van der Waals surface area contributed by atoms with Crippen LogP contribution in [0.1, 0.15) is 5.56 Å². The highest BCUT2D eigenvalue weighted by Crippen LogP contribution is 2.23. The van der Waals surface area contributed by atoms with Crippen LogP contribution in [0.5, 0.6) is 0 Å². The molecule has 134 valence electrons. The molecular formula is C21H17N3O2S. The van der Waals surface area contributed by atoms with Crippen LogP contribution < -0.4 is 5.32 Å². The Labute approximate surface area is 160 Å². The fourth-order valence-electron chi connectivity index (χ4n) is 2.68. The summed E-state index contributed by atoms with van der Waals surface area (Å²) in [7, 11) is 0. The Bertz CT molecular complexity index is 1090. The molecule has 4 rings (SSSR count). The summed E-state index contributed by atoms with van der Waals surface area (Å²) in [5.74, 6) is 0.598. The van der Waals surface area contributed by atoms with E-state index in [9.17, 15) is 4.79 Å². The number of amides is 1. The van der Waals surface area contributed by atoms with E-state index < -0.39 is 0 Å². The van der Waals surface area contributed by atoms with Crippen molar-refractivity contribution in [3.63, 3.8) is 0 Å². The number of benzene rings is 3. The van der Waals surface area contributed by atoms with Gasteiger partial charge in [-0.2, -0.15) is 4.98 Å². The normalized spacial score (nSPS) is 10.9. The van der Waals surface area contributed by atoms with Gasteiger partial charge in [0.05, 0.1) is 5.75 Å². The fraction of sp³-hybridized carbons (Fsp3) is 0.0952. The number of nitrogens with zero attached hydrogens (tertiary/aromatic N) is 2. The molecule has 1 N–H and O–H groups in total. The minimum absolute atomic E-state index is 0.120. The van der Waals surface area contributed by atoms with E-state index in [-0.39, 0.29) is 11.7 Å². The lowest BCUT2D eigenvalue weighted by Crippen LogP contribution is -2.13. The SMILES string of the molecule is Cc1ccc(-c2noc(SCC(=O)Nc3ccc4ccccc4c3)n2)cc1. The fourth-order valence-corrected chi connectivity index (χ4v) is 3.25. The molecule has 0 fully saturated rings. The van der Waals surface area contributed by atoms with E-state index in [2.05, 4.69) is 15.5 Å². The second-order valence-electron chi connectivity index (χ2n) is 6.15. The third-order valence-corrected chi connectivity index (χ3v) is 4.90. The molecule has 0 radical (unpaired) electrons. The lowest BCUT2D eigenvalue weighted by molar-refractivity contribution is -0.113. The van der Waals surface area contributed by atoms with E-state index in [1.165, 1.54) is 17.3 Å². The molecule has 0 aliphatic heterocycles. The van der Waals surface area contributed by atoms with Crippen LogP contribution in [0.25, 0.3) is 22.2 Å². The number of nitrogens with one attached hydrogen (secondary N) is 1. The maximum atomic E-state index is 12.2. The third-order valence-electron chi connectivity index (χ3n) is 4.08. The summed E-state index contributed by atoms with van der Waals surface area (Å²) in [4.78, 5) is 16.5. The Hall–Kier alpha value is -3.12. The summed E-state index contributed by atoms with van der Waals surface area (Å²) in [5.41, 5.74) is 2.82. The Morgan fingerprint density at radius 3 is 2.63 bits per heavy atom. The first-order valence-corrected chi connectivity index (χ1v) is 9.48. The lowest BCUT2D eigenvalue weighted by atomic mass is 10.1. The molecule has 6 heteroatoms. The number of carbonyl (C=O) groups is 1. The molecule has 4 aromatic rings. The summed E-state index contributed by atoms with van der Waals surface area (Å²) >= 11 is 1.22. The molecule has 5 nitrogen and oxygen atoms in total. The second-order valence-corrected chi connectivity index (χ2v) is 7.08. The molecular weight excluding hydrogens is 358 g/mol. The van der Waals surface area contributed by atoms with Crippen LogP contribution in [0.15, 0.2) is 76.5 Å². The standard InChI is InChI=1S/C21H17N3O2S/c1-14-6-8-16(9-7-14)20-23-21(26-24-20)27-13-19(25)22-18-11-10-15-4-2-3-5-17(15)12-18/h2-12H,13H2,1H3,(H,22,25). The Morgan fingerprint density at radius 2 is 1.81 bits per heavy atom. The second kappa shape index (κ2) is 7.63. The summed E-state index contributed by atoms with van der Waals surface area (Å²) in [6.45, 7) is 2.02. The molecule has 1 amide bonds. The van der Waals surface area contributed by atoms with Crippen molar-refractivity contribution in [2.45, 2.75) is 12.1 Å². The van der Waals surface area contributed by atoms with Gasteiger partial charge in [-0.25, -0.2) is 0 Å². The van der Waals surface area contributed by atoms with Gasteiger partial charge in [0.15, 0.2) is 0 Å². The van der Waals surface area contributed by atoms with Gasteiger partial charge in [0, 0.05) is 11.3 Å². The summed E-state index contributed by atoms with van der Waals surface area (Å²) in [6, 6.07) is 21.8. The highest BCUT2D eigenvalue weighted by Gasteiger charge is 2.11. The summed E-state index contributed by atoms with van der Waals surface area (Å²) < 4.78 is 5.23. The largest absolute Gasteiger partial charge is 0.327 e. The highest BCUT2D eigenvalue weighted by molar-refractivity contribution is 7.99. The first-order valence-electron chi connectivity index (χ1n) is 8.49. The van der Waals surface area contributed by atoms with Crippen molar-refractivity contribution in [1.29, 1.82) is 0 Å². The number of aryl methyl sites for hydroxylation is 1. The maximum Gasteiger partial charge on any atom is 0.286 e. The molecule has 27 heavy (non-hydrogen) atoms. The smallest absolute Gasteiger partial charge is 0.286 e. The first-order chi connectivity index (χ1) is 13.2. The average molecular weight is 375 g/mol. The predicted octanol–water partition coefficient (Wildman–Crippen LogP) is 4.93.